The van der Waals surface area contributed by atoms with E-state index in [1.807, 2.05) is 0 Å². The van der Waals surface area contributed by atoms with Gasteiger partial charge < -0.3 is 4.90 Å². The van der Waals surface area contributed by atoms with E-state index in [0.29, 0.717) is 0 Å². The summed E-state index contributed by atoms with van der Waals surface area (Å²) in [6.07, 6.45) is 6.76. The van der Waals surface area contributed by atoms with Gasteiger partial charge in [-0.3, -0.25) is 4.90 Å². The fourth-order valence-electron chi connectivity index (χ4n) is 6.27. The Balaban J connectivity index is 1.18. The van der Waals surface area contributed by atoms with Crippen LogP contribution < -0.4 is 0 Å². The maximum Gasteiger partial charge on any atom is 0.0233 e. The van der Waals surface area contributed by atoms with Crippen LogP contribution in [0.15, 0.2) is 54.6 Å². The molecule has 3 aliphatic rings. The molecule has 1 saturated carbocycles. The molecule has 0 bridgehead atoms. The Morgan fingerprint density at radius 1 is 0.862 bits per heavy atom. The van der Waals surface area contributed by atoms with Crippen LogP contribution in [-0.2, 0) is 13.0 Å². The van der Waals surface area contributed by atoms with Gasteiger partial charge in [0.15, 0.2) is 0 Å². The minimum atomic E-state index is 0.772. The molecule has 2 nitrogen and oxygen atoms in total. The molecule has 0 spiro atoms. The van der Waals surface area contributed by atoms with Crippen LogP contribution >= 0.6 is 0 Å². The summed E-state index contributed by atoms with van der Waals surface area (Å²) in [5.74, 6) is 2.53. The summed E-state index contributed by atoms with van der Waals surface area (Å²) in [5, 5.41) is 0. The van der Waals surface area contributed by atoms with Gasteiger partial charge in [-0.15, -0.1) is 0 Å². The molecule has 5 rings (SSSR count). The van der Waals surface area contributed by atoms with E-state index in [2.05, 4.69) is 71.3 Å². The molecule has 0 amide bonds. The topological polar surface area (TPSA) is 6.48 Å². The fraction of sp³-hybridized carbons (Fsp3) is 0.556. The van der Waals surface area contributed by atoms with Crippen LogP contribution in [0.5, 0.6) is 0 Å². The first-order valence-electron chi connectivity index (χ1n) is 11.9. The standard InChI is InChI=1S/C27H36N2/c1-21-6-5-16-29(21)17-15-22-9-11-24(12-10-22)26-14-13-25-19-28(20-27(25)26)18-23-7-3-2-4-8-23/h2-4,7-12,21,25-27H,5-6,13-20H2,1H3/t21-,25-,26-,27+/m1/s1. The Bertz CT molecular complexity index is 784. The quantitative estimate of drug-likeness (QED) is 0.659. The second-order valence-corrected chi connectivity index (χ2v) is 9.81. The summed E-state index contributed by atoms with van der Waals surface area (Å²) in [5.41, 5.74) is 4.57. The molecule has 0 unspecified atom stereocenters. The highest BCUT2D eigenvalue weighted by atomic mass is 15.2. The van der Waals surface area contributed by atoms with E-state index in [0.717, 1.165) is 30.3 Å². The highest BCUT2D eigenvalue weighted by Gasteiger charge is 2.42. The number of fused-ring (bicyclic) bond motifs is 1. The van der Waals surface area contributed by atoms with E-state index >= 15 is 0 Å². The lowest BCUT2D eigenvalue weighted by molar-refractivity contribution is 0.272. The molecular weight excluding hydrogens is 352 g/mol. The van der Waals surface area contributed by atoms with Gasteiger partial charge in [-0.1, -0.05) is 54.6 Å². The molecule has 1 aliphatic carbocycles. The maximum atomic E-state index is 2.70. The van der Waals surface area contributed by atoms with E-state index in [-0.39, 0.29) is 0 Å². The first kappa shape index (κ1) is 19.3. The van der Waals surface area contributed by atoms with Crippen LogP contribution in [0.1, 0.15) is 55.2 Å². The van der Waals surface area contributed by atoms with Crippen LogP contribution in [0.4, 0.5) is 0 Å². The fourth-order valence-corrected chi connectivity index (χ4v) is 6.27. The summed E-state index contributed by atoms with van der Waals surface area (Å²) in [6.45, 7) is 8.59. The highest BCUT2D eigenvalue weighted by Crippen LogP contribution is 2.47. The Labute approximate surface area is 176 Å². The van der Waals surface area contributed by atoms with Crippen LogP contribution in [0.2, 0.25) is 0 Å². The van der Waals surface area contributed by atoms with Crippen molar-refractivity contribution in [3.05, 3.63) is 71.3 Å². The summed E-state index contributed by atoms with van der Waals surface area (Å²) >= 11 is 0. The molecular formula is C27H36N2. The van der Waals surface area contributed by atoms with E-state index in [1.165, 1.54) is 69.4 Å². The minimum Gasteiger partial charge on any atom is -0.300 e. The molecule has 0 N–H and O–H groups in total. The van der Waals surface area contributed by atoms with Gasteiger partial charge >= 0.3 is 0 Å². The lowest BCUT2D eigenvalue weighted by Gasteiger charge is -2.22. The zero-order valence-electron chi connectivity index (χ0n) is 18.0. The molecule has 2 aliphatic heterocycles. The number of nitrogens with zero attached hydrogens (tertiary/aromatic N) is 2. The van der Waals surface area contributed by atoms with Crippen LogP contribution in [0, 0.1) is 11.8 Å². The van der Waals surface area contributed by atoms with Gasteiger partial charge in [0.2, 0.25) is 0 Å². The van der Waals surface area contributed by atoms with Crippen molar-refractivity contribution < 1.29 is 0 Å². The van der Waals surface area contributed by atoms with Gasteiger partial charge in [0.05, 0.1) is 0 Å². The van der Waals surface area contributed by atoms with Crippen LogP contribution in [-0.4, -0.2) is 42.0 Å². The van der Waals surface area contributed by atoms with Crippen molar-refractivity contribution >= 4 is 0 Å². The lowest BCUT2D eigenvalue weighted by atomic mass is 9.86. The molecule has 29 heavy (non-hydrogen) atoms. The van der Waals surface area contributed by atoms with Gasteiger partial charge in [-0.05, 0) is 80.0 Å². The molecule has 0 radical (unpaired) electrons. The number of likely N-dealkylation sites (tertiary alicyclic amines) is 2. The Kier molecular flexibility index (Phi) is 5.74. The largest absolute Gasteiger partial charge is 0.300 e. The molecule has 2 heteroatoms. The third-order valence-corrected chi connectivity index (χ3v) is 7.97. The first-order chi connectivity index (χ1) is 14.3. The maximum absolute atomic E-state index is 2.70. The van der Waals surface area contributed by atoms with Crippen molar-refractivity contribution in [3.63, 3.8) is 0 Å². The van der Waals surface area contributed by atoms with Crippen molar-refractivity contribution in [1.82, 2.24) is 9.80 Å². The van der Waals surface area contributed by atoms with E-state index in [1.54, 1.807) is 5.56 Å². The summed E-state index contributed by atoms with van der Waals surface area (Å²) in [4.78, 5) is 5.36. The summed E-state index contributed by atoms with van der Waals surface area (Å²) in [7, 11) is 0. The molecule has 3 fully saturated rings. The van der Waals surface area contributed by atoms with E-state index < -0.39 is 0 Å². The Morgan fingerprint density at radius 2 is 1.69 bits per heavy atom. The second-order valence-electron chi connectivity index (χ2n) is 9.81. The normalized spacial score (nSPS) is 30.1. The predicted octanol–water partition coefficient (Wildman–Crippen LogP) is 5.34. The number of hydrogen-bond donors (Lipinski definition) is 0. The second kappa shape index (κ2) is 8.62. The van der Waals surface area contributed by atoms with Crippen molar-refractivity contribution in [2.75, 3.05) is 26.2 Å². The van der Waals surface area contributed by atoms with Crippen molar-refractivity contribution in [2.24, 2.45) is 11.8 Å². The zero-order valence-corrected chi connectivity index (χ0v) is 18.0. The summed E-state index contributed by atoms with van der Waals surface area (Å²) in [6, 6.07) is 21.5. The molecule has 2 saturated heterocycles. The zero-order chi connectivity index (χ0) is 19.6. The minimum absolute atomic E-state index is 0.772. The Morgan fingerprint density at radius 3 is 2.45 bits per heavy atom. The van der Waals surface area contributed by atoms with Gasteiger partial charge in [-0.25, -0.2) is 0 Å². The molecule has 0 aromatic heterocycles. The third kappa shape index (κ3) is 4.29. The average molecular weight is 389 g/mol. The smallest absolute Gasteiger partial charge is 0.0233 e. The van der Waals surface area contributed by atoms with Gasteiger partial charge in [-0.2, -0.15) is 0 Å². The Hall–Kier alpha value is -1.64. The number of hydrogen-bond acceptors (Lipinski definition) is 2. The molecule has 2 aromatic rings. The summed E-state index contributed by atoms with van der Waals surface area (Å²) < 4.78 is 0. The van der Waals surface area contributed by atoms with Crippen molar-refractivity contribution in [1.29, 1.82) is 0 Å². The monoisotopic (exact) mass is 388 g/mol. The third-order valence-electron chi connectivity index (χ3n) is 7.97. The van der Waals surface area contributed by atoms with Crippen molar-refractivity contribution in [3.8, 4) is 0 Å². The molecule has 4 atom stereocenters. The van der Waals surface area contributed by atoms with Gasteiger partial charge in [0, 0.05) is 32.2 Å². The van der Waals surface area contributed by atoms with Gasteiger partial charge in [0.1, 0.15) is 0 Å². The number of rotatable bonds is 6. The number of benzene rings is 2. The highest BCUT2D eigenvalue weighted by molar-refractivity contribution is 5.28. The predicted molar refractivity (Wildman–Crippen MR) is 121 cm³/mol. The first-order valence-corrected chi connectivity index (χ1v) is 11.9. The van der Waals surface area contributed by atoms with Crippen LogP contribution in [0.25, 0.3) is 0 Å². The molecule has 2 heterocycles. The van der Waals surface area contributed by atoms with Crippen molar-refractivity contribution in [2.45, 2.75) is 57.5 Å². The van der Waals surface area contributed by atoms with E-state index in [4.69, 9.17) is 0 Å². The van der Waals surface area contributed by atoms with Gasteiger partial charge in [0.25, 0.3) is 0 Å². The van der Waals surface area contributed by atoms with Crippen LogP contribution in [0.3, 0.4) is 0 Å². The average Bonchev–Trinajstić information content (AvgIpc) is 3.44. The molecule has 154 valence electrons. The molecule has 2 aromatic carbocycles. The SMILES string of the molecule is C[C@@H]1CCCN1CCc1ccc([C@H]2CC[C@@H]3CN(Cc4ccccc4)C[C@@H]32)cc1. The lowest BCUT2D eigenvalue weighted by Crippen LogP contribution is -2.28. The van der Waals surface area contributed by atoms with E-state index in [9.17, 15) is 0 Å².